The minimum absolute atomic E-state index is 0.103. The first kappa shape index (κ1) is 20.2. The molecule has 1 aliphatic carbocycles. The molecule has 0 spiro atoms. The smallest absolute Gasteiger partial charge is 0.416 e. The van der Waals surface area contributed by atoms with E-state index in [2.05, 4.69) is 10.6 Å². The van der Waals surface area contributed by atoms with Crippen molar-refractivity contribution in [2.75, 3.05) is 0 Å². The molecule has 1 fully saturated rings. The van der Waals surface area contributed by atoms with E-state index in [9.17, 15) is 18.0 Å². The van der Waals surface area contributed by atoms with E-state index in [-0.39, 0.29) is 17.6 Å². The Labute approximate surface area is 163 Å². The summed E-state index contributed by atoms with van der Waals surface area (Å²) in [6, 6.07) is 11.4. The minimum atomic E-state index is -4.45. The molecule has 0 radical (unpaired) electrons. The van der Waals surface area contributed by atoms with Crippen LogP contribution in [0.3, 0.4) is 0 Å². The predicted molar refractivity (Wildman–Crippen MR) is 103 cm³/mol. The van der Waals surface area contributed by atoms with Gasteiger partial charge >= 0.3 is 6.18 Å². The SMILES string of the molecule is Cc1ccc(C([N-]c2cccc(C(F)(F)F)c2)C(=O)NC2CCCCC2)cc1. The summed E-state index contributed by atoms with van der Waals surface area (Å²) < 4.78 is 39.1. The summed E-state index contributed by atoms with van der Waals surface area (Å²) in [5.74, 6) is -0.270. The lowest BCUT2D eigenvalue weighted by Gasteiger charge is -2.35. The van der Waals surface area contributed by atoms with Gasteiger partial charge in [-0.05, 0) is 25.8 Å². The molecule has 150 valence electrons. The zero-order valence-corrected chi connectivity index (χ0v) is 15.8. The Balaban J connectivity index is 1.83. The molecule has 0 heterocycles. The molecule has 28 heavy (non-hydrogen) atoms. The number of hydrogen-bond donors (Lipinski definition) is 1. The van der Waals surface area contributed by atoms with Crippen LogP contribution in [0.4, 0.5) is 18.9 Å². The zero-order valence-electron chi connectivity index (χ0n) is 15.8. The lowest BCUT2D eigenvalue weighted by atomic mass is 9.94. The first-order valence-corrected chi connectivity index (χ1v) is 9.58. The van der Waals surface area contributed by atoms with Crippen molar-refractivity contribution in [3.8, 4) is 0 Å². The number of halogens is 3. The molecular weight excluding hydrogens is 365 g/mol. The number of carbonyl (C=O) groups is 1. The molecule has 1 unspecified atom stereocenters. The lowest BCUT2D eigenvalue weighted by molar-refractivity contribution is -0.137. The van der Waals surface area contributed by atoms with E-state index in [0.29, 0.717) is 5.56 Å². The van der Waals surface area contributed by atoms with Crippen LogP contribution >= 0.6 is 0 Å². The maximum atomic E-state index is 13.0. The van der Waals surface area contributed by atoms with Gasteiger partial charge in [0, 0.05) is 6.04 Å². The largest absolute Gasteiger partial charge is 0.670 e. The van der Waals surface area contributed by atoms with Gasteiger partial charge in [0.05, 0.1) is 5.56 Å². The van der Waals surface area contributed by atoms with E-state index >= 15 is 0 Å². The molecule has 2 aromatic carbocycles. The van der Waals surface area contributed by atoms with Crippen molar-refractivity contribution in [3.63, 3.8) is 0 Å². The summed E-state index contributed by atoms with van der Waals surface area (Å²) in [5, 5.41) is 7.43. The third kappa shape index (κ3) is 5.27. The Morgan fingerprint density at radius 2 is 1.75 bits per heavy atom. The van der Waals surface area contributed by atoms with Crippen LogP contribution in [0.15, 0.2) is 48.5 Å². The zero-order chi connectivity index (χ0) is 20.1. The summed E-state index contributed by atoms with van der Waals surface area (Å²) in [4.78, 5) is 13.0. The Kier molecular flexibility index (Phi) is 6.27. The highest BCUT2D eigenvalue weighted by atomic mass is 19.4. The van der Waals surface area contributed by atoms with Crippen molar-refractivity contribution in [1.82, 2.24) is 5.32 Å². The number of amides is 1. The van der Waals surface area contributed by atoms with Crippen LogP contribution < -0.4 is 5.32 Å². The van der Waals surface area contributed by atoms with Crippen molar-refractivity contribution in [1.29, 1.82) is 0 Å². The molecule has 0 aliphatic heterocycles. The minimum Gasteiger partial charge on any atom is -0.670 e. The number of aryl methyl sites for hydroxylation is 1. The van der Waals surface area contributed by atoms with Crippen LogP contribution in [0, 0.1) is 6.92 Å². The average molecular weight is 389 g/mol. The fourth-order valence-electron chi connectivity index (χ4n) is 3.47. The van der Waals surface area contributed by atoms with E-state index in [1.807, 2.05) is 19.1 Å². The van der Waals surface area contributed by atoms with Crippen LogP contribution in [-0.2, 0) is 11.0 Å². The summed E-state index contributed by atoms with van der Waals surface area (Å²) in [5.41, 5.74) is 1.06. The van der Waals surface area contributed by atoms with Gasteiger partial charge in [-0.15, -0.1) is 5.69 Å². The molecule has 0 saturated heterocycles. The lowest BCUT2D eigenvalue weighted by Crippen LogP contribution is -2.38. The molecule has 1 amide bonds. The van der Waals surface area contributed by atoms with Gasteiger partial charge in [0.2, 0.25) is 5.91 Å². The van der Waals surface area contributed by atoms with E-state index < -0.39 is 17.8 Å². The number of rotatable bonds is 5. The van der Waals surface area contributed by atoms with Gasteiger partial charge in [-0.2, -0.15) is 13.2 Å². The Morgan fingerprint density at radius 3 is 2.39 bits per heavy atom. The molecule has 1 N–H and O–H groups in total. The van der Waals surface area contributed by atoms with E-state index in [4.69, 9.17) is 0 Å². The highest BCUT2D eigenvalue weighted by molar-refractivity contribution is 5.88. The molecule has 6 heteroatoms. The predicted octanol–water partition coefficient (Wildman–Crippen LogP) is 6.21. The van der Waals surface area contributed by atoms with Crippen molar-refractivity contribution < 1.29 is 18.0 Å². The van der Waals surface area contributed by atoms with Crippen LogP contribution in [-0.4, -0.2) is 11.9 Å². The Hall–Kier alpha value is -2.50. The number of alkyl halides is 3. The first-order valence-electron chi connectivity index (χ1n) is 9.58. The summed E-state index contributed by atoms with van der Waals surface area (Å²) in [6.07, 6.45) is 0.722. The van der Waals surface area contributed by atoms with Gasteiger partial charge in [0.25, 0.3) is 0 Å². The molecular formula is C22H24F3N2O-. The fourth-order valence-corrected chi connectivity index (χ4v) is 3.47. The van der Waals surface area contributed by atoms with E-state index in [0.717, 1.165) is 43.4 Å². The molecule has 2 aromatic rings. The van der Waals surface area contributed by atoms with Crippen molar-refractivity contribution in [2.24, 2.45) is 0 Å². The van der Waals surface area contributed by atoms with E-state index in [1.54, 1.807) is 12.1 Å². The van der Waals surface area contributed by atoms with Crippen molar-refractivity contribution in [3.05, 3.63) is 70.5 Å². The van der Waals surface area contributed by atoms with Gasteiger partial charge in [0.1, 0.15) is 0 Å². The summed E-state index contributed by atoms with van der Waals surface area (Å²) in [7, 11) is 0. The molecule has 0 aromatic heterocycles. The highest BCUT2D eigenvalue weighted by Gasteiger charge is 2.30. The fraction of sp³-hybridized carbons (Fsp3) is 0.409. The van der Waals surface area contributed by atoms with Crippen molar-refractivity contribution >= 4 is 11.6 Å². The molecule has 0 bridgehead atoms. The molecule has 1 aliphatic rings. The first-order chi connectivity index (χ1) is 13.3. The van der Waals surface area contributed by atoms with E-state index in [1.165, 1.54) is 18.6 Å². The second-order valence-corrected chi connectivity index (χ2v) is 7.33. The van der Waals surface area contributed by atoms with Crippen LogP contribution in [0.1, 0.15) is 54.8 Å². The second-order valence-electron chi connectivity index (χ2n) is 7.33. The van der Waals surface area contributed by atoms with Gasteiger partial charge in [-0.1, -0.05) is 78.9 Å². The average Bonchev–Trinajstić information content (AvgIpc) is 2.67. The van der Waals surface area contributed by atoms with Crippen molar-refractivity contribution in [2.45, 2.75) is 57.3 Å². The van der Waals surface area contributed by atoms with Gasteiger partial charge in [0.15, 0.2) is 0 Å². The number of nitrogens with zero attached hydrogens (tertiary/aromatic N) is 1. The molecule has 3 rings (SSSR count). The normalized spacial score (nSPS) is 16.4. The van der Waals surface area contributed by atoms with Gasteiger partial charge in [-0.25, -0.2) is 0 Å². The van der Waals surface area contributed by atoms with Gasteiger partial charge < -0.3 is 10.6 Å². The molecule has 1 saturated carbocycles. The monoisotopic (exact) mass is 389 g/mol. The number of nitrogens with one attached hydrogen (secondary N) is 1. The molecule has 1 atom stereocenters. The third-order valence-electron chi connectivity index (χ3n) is 5.04. The molecule has 3 nitrogen and oxygen atoms in total. The van der Waals surface area contributed by atoms with Gasteiger partial charge in [-0.3, -0.25) is 4.79 Å². The quantitative estimate of drug-likeness (QED) is 0.649. The van der Waals surface area contributed by atoms with Crippen LogP contribution in [0.2, 0.25) is 0 Å². The standard InChI is InChI=1S/C22H24F3N2O/c1-15-10-12-16(13-11-15)20(21(28)27-18-7-3-2-4-8-18)26-19-9-5-6-17(14-19)22(23,24)25/h5-6,9-14,18,20H,2-4,7-8H2,1H3,(H,27,28)/q-1. The van der Waals surface area contributed by atoms with Crippen LogP contribution in [0.5, 0.6) is 0 Å². The Morgan fingerprint density at radius 1 is 1.07 bits per heavy atom. The second kappa shape index (κ2) is 8.67. The number of hydrogen-bond acceptors (Lipinski definition) is 1. The summed E-state index contributed by atoms with van der Waals surface area (Å²) >= 11 is 0. The number of carbonyl (C=O) groups excluding carboxylic acids is 1. The Bertz CT molecular complexity index is 796. The maximum Gasteiger partial charge on any atom is 0.416 e. The topological polar surface area (TPSA) is 43.2 Å². The van der Waals surface area contributed by atoms with Crippen LogP contribution in [0.25, 0.3) is 5.32 Å². The third-order valence-corrected chi connectivity index (χ3v) is 5.04. The summed E-state index contributed by atoms with van der Waals surface area (Å²) in [6.45, 7) is 1.94. The maximum absolute atomic E-state index is 13.0. The number of benzene rings is 2. The highest BCUT2D eigenvalue weighted by Crippen LogP contribution is 2.37.